The van der Waals surface area contributed by atoms with Gasteiger partial charge >= 0.3 is 6.09 Å². The van der Waals surface area contributed by atoms with Gasteiger partial charge in [0.25, 0.3) is 5.97 Å². The third kappa shape index (κ3) is 10.3. The van der Waals surface area contributed by atoms with Crippen molar-refractivity contribution in [2.24, 2.45) is 5.73 Å². The zero-order valence-electron chi connectivity index (χ0n) is 23.5. The van der Waals surface area contributed by atoms with Crippen LogP contribution in [-0.2, 0) is 25.7 Å². The summed E-state index contributed by atoms with van der Waals surface area (Å²) < 4.78 is 5.56. The van der Waals surface area contributed by atoms with Crippen molar-refractivity contribution in [3.05, 3.63) is 57.8 Å². The van der Waals surface area contributed by atoms with Gasteiger partial charge in [-0.25, -0.2) is 4.79 Å². The fourth-order valence-corrected chi connectivity index (χ4v) is 4.91. The molecule has 1 aromatic heterocycles. The fraction of sp³-hybridized carbons (Fsp3) is 0.464. The summed E-state index contributed by atoms with van der Waals surface area (Å²) in [5, 5.41) is 20.5. The molecule has 0 spiro atoms. The Morgan fingerprint density at radius 3 is 2.35 bits per heavy atom. The standard InChI is InChI=1S/C26H35N5O4S.C2H4O2/c1-16(23(32)29-15-19-10-11-21(36-19)22(27)28)30-24(33)20-14-18(17-8-6-5-7-9-17)12-13-31(20)25(34)35-26(2,3)4;1-2(3)4/h5-11,16,18,20H,12-15H2,1-4H3,(H3,27,28)(H,29,32)(H,30,33);1H3,(H,3,4)/t16?,18-,20+;/m0./s1. The van der Waals surface area contributed by atoms with E-state index in [4.69, 9.17) is 25.8 Å². The number of likely N-dealkylation sites (tertiary alicyclic amines) is 1. The molecule has 0 saturated carbocycles. The fourth-order valence-electron chi connectivity index (χ4n) is 4.10. The molecule has 0 bridgehead atoms. The number of nitrogen functional groups attached to an aromatic ring is 1. The van der Waals surface area contributed by atoms with E-state index in [1.54, 1.807) is 39.8 Å². The first-order chi connectivity index (χ1) is 18.7. The van der Waals surface area contributed by atoms with E-state index in [9.17, 15) is 14.4 Å². The van der Waals surface area contributed by atoms with Crippen molar-refractivity contribution < 1.29 is 29.0 Å². The van der Waals surface area contributed by atoms with E-state index >= 15 is 0 Å². The zero-order chi connectivity index (χ0) is 30.0. The van der Waals surface area contributed by atoms with Crippen molar-refractivity contribution in [3.63, 3.8) is 0 Å². The third-order valence-corrected chi connectivity index (χ3v) is 7.04. The Hall–Kier alpha value is -3.93. The van der Waals surface area contributed by atoms with Crippen LogP contribution in [-0.4, -0.2) is 63.9 Å². The number of amides is 3. The van der Waals surface area contributed by atoms with Crippen LogP contribution in [0.1, 0.15) is 68.7 Å². The Kier molecular flexibility index (Phi) is 11.7. The lowest BCUT2D eigenvalue weighted by Gasteiger charge is -2.39. The van der Waals surface area contributed by atoms with Crippen molar-refractivity contribution in [2.45, 2.75) is 77.6 Å². The highest BCUT2D eigenvalue weighted by atomic mass is 32.1. The van der Waals surface area contributed by atoms with Gasteiger partial charge in [-0.3, -0.25) is 24.7 Å². The second-order valence-electron chi connectivity index (χ2n) is 10.5. The molecule has 11 nitrogen and oxygen atoms in total. The minimum absolute atomic E-state index is 0.0194. The number of benzene rings is 1. The Balaban J connectivity index is 0.00000131. The molecular formula is C28H39N5O6S. The molecule has 1 aliphatic heterocycles. The third-order valence-electron chi connectivity index (χ3n) is 5.92. The molecular weight excluding hydrogens is 534 g/mol. The number of rotatable bonds is 7. The van der Waals surface area contributed by atoms with Crippen LogP contribution in [0.25, 0.3) is 0 Å². The lowest BCUT2D eigenvalue weighted by atomic mass is 9.85. The number of ether oxygens (including phenoxy) is 1. The minimum atomic E-state index is -0.833. The molecule has 1 unspecified atom stereocenters. The summed E-state index contributed by atoms with van der Waals surface area (Å²) in [7, 11) is 0. The van der Waals surface area contributed by atoms with Crippen LogP contribution in [0, 0.1) is 5.41 Å². The van der Waals surface area contributed by atoms with Gasteiger partial charge in [-0.2, -0.15) is 0 Å². The molecule has 3 rings (SSSR count). The number of carboxylic acids is 1. The maximum absolute atomic E-state index is 13.3. The van der Waals surface area contributed by atoms with Gasteiger partial charge in [0.2, 0.25) is 11.8 Å². The highest BCUT2D eigenvalue weighted by Gasteiger charge is 2.39. The molecule has 12 heteroatoms. The van der Waals surface area contributed by atoms with Crippen LogP contribution < -0.4 is 16.4 Å². The predicted octanol–water partition coefficient (Wildman–Crippen LogP) is 3.43. The number of amidine groups is 1. The van der Waals surface area contributed by atoms with Gasteiger partial charge in [-0.1, -0.05) is 30.3 Å². The van der Waals surface area contributed by atoms with Crippen LogP contribution >= 0.6 is 11.3 Å². The van der Waals surface area contributed by atoms with Crippen molar-refractivity contribution in [3.8, 4) is 0 Å². The van der Waals surface area contributed by atoms with Gasteiger partial charge < -0.3 is 26.2 Å². The lowest BCUT2D eigenvalue weighted by molar-refractivity contribution is -0.134. The van der Waals surface area contributed by atoms with Gasteiger partial charge in [0, 0.05) is 18.3 Å². The van der Waals surface area contributed by atoms with E-state index in [1.807, 2.05) is 30.3 Å². The number of thiophene rings is 1. The maximum atomic E-state index is 13.3. The lowest BCUT2D eigenvalue weighted by Crippen LogP contribution is -2.57. The molecule has 2 heterocycles. The summed E-state index contributed by atoms with van der Waals surface area (Å²) in [6.07, 6.45) is 0.615. The van der Waals surface area contributed by atoms with E-state index in [2.05, 4.69) is 10.6 Å². The monoisotopic (exact) mass is 573 g/mol. The summed E-state index contributed by atoms with van der Waals surface area (Å²) >= 11 is 1.33. The second-order valence-corrected chi connectivity index (χ2v) is 11.6. The van der Waals surface area contributed by atoms with Crippen molar-refractivity contribution >= 4 is 41.0 Å². The highest BCUT2D eigenvalue weighted by molar-refractivity contribution is 7.14. The molecule has 1 aromatic carbocycles. The first-order valence-electron chi connectivity index (χ1n) is 12.9. The second kappa shape index (κ2) is 14.5. The van der Waals surface area contributed by atoms with Crippen molar-refractivity contribution in [1.82, 2.24) is 15.5 Å². The summed E-state index contributed by atoms with van der Waals surface area (Å²) in [6, 6.07) is 11.9. The van der Waals surface area contributed by atoms with Crippen molar-refractivity contribution in [1.29, 1.82) is 5.41 Å². The highest BCUT2D eigenvalue weighted by Crippen LogP contribution is 2.32. The first kappa shape index (κ1) is 32.3. The number of nitrogens with one attached hydrogen (secondary N) is 3. The van der Waals surface area contributed by atoms with Gasteiger partial charge in [0.1, 0.15) is 23.5 Å². The maximum Gasteiger partial charge on any atom is 0.410 e. The van der Waals surface area contributed by atoms with E-state index < -0.39 is 29.7 Å². The molecule has 40 heavy (non-hydrogen) atoms. The average molecular weight is 574 g/mol. The zero-order valence-corrected chi connectivity index (χ0v) is 24.3. The molecule has 3 amide bonds. The predicted molar refractivity (Wildman–Crippen MR) is 153 cm³/mol. The molecule has 0 aliphatic carbocycles. The average Bonchev–Trinajstić information content (AvgIpc) is 3.35. The van der Waals surface area contributed by atoms with Gasteiger partial charge in [0.15, 0.2) is 0 Å². The van der Waals surface area contributed by atoms with Gasteiger partial charge in [-0.15, -0.1) is 11.3 Å². The minimum Gasteiger partial charge on any atom is -0.481 e. The molecule has 1 saturated heterocycles. The van der Waals surface area contributed by atoms with Crippen LogP contribution in [0.2, 0.25) is 0 Å². The number of hydrogen-bond acceptors (Lipinski definition) is 7. The SMILES string of the molecule is CC(=O)O.CC(NC(=O)[C@H]1C[C@@H](c2ccccc2)CCN1C(=O)OC(C)(C)C)C(=O)NCc1ccc(C(=N)N)s1. The molecule has 1 aliphatic rings. The largest absolute Gasteiger partial charge is 0.481 e. The number of nitrogens with two attached hydrogens (primary N) is 1. The van der Waals surface area contributed by atoms with Crippen molar-refractivity contribution in [2.75, 3.05) is 6.54 Å². The van der Waals surface area contributed by atoms with E-state index in [-0.39, 0.29) is 30.1 Å². The van der Waals surface area contributed by atoms with Gasteiger partial charge in [0.05, 0.1) is 11.4 Å². The summed E-state index contributed by atoms with van der Waals surface area (Å²) in [4.78, 5) is 50.9. The topological polar surface area (TPSA) is 175 Å². The molecule has 6 N–H and O–H groups in total. The van der Waals surface area contributed by atoms with Crippen LogP contribution in [0.15, 0.2) is 42.5 Å². The Morgan fingerprint density at radius 1 is 1.18 bits per heavy atom. The number of hydrogen-bond donors (Lipinski definition) is 5. The summed E-state index contributed by atoms with van der Waals surface area (Å²) in [6.45, 7) is 8.70. The Labute approximate surface area is 238 Å². The normalized spacial score (nSPS) is 17.5. The van der Waals surface area contributed by atoms with Crippen LogP contribution in [0.3, 0.4) is 0 Å². The number of carboxylic acid groups (broad SMARTS) is 1. The van der Waals surface area contributed by atoms with E-state index in [1.165, 1.54) is 16.2 Å². The molecule has 218 valence electrons. The van der Waals surface area contributed by atoms with Gasteiger partial charge in [-0.05, 0) is 64.2 Å². The number of piperidine rings is 1. The smallest absolute Gasteiger partial charge is 0.410 e. The molecule has 3 atom stereocenters. The summed E-state index contributed by atoms with van der Waals surface area (Å²) in [5.74, 6) is -1.48. The van der Waals surface area contributed by atoms with Crippen LogP contribution in [0.4, 0.5) is 4.79 Å². The Morgan fingerprint density at radius 2 is 1.80 bits per heavy atom. The Bertz CT molecular complexity index is 1190. The van der Waals surface area contributed by atoms with E-state index in [0.717, 1.165) is 17.4 Å². The molecule has 2 aromatic rings. The molecule has 0 radical (unpaired) electrons. The number of carbonyl (C=O) groups is 4. The number of carbonyl (C=O) groups excluding carboxylic acids is 3. The quantitative estimate of drug-likeness (QED) is 0.249. The first-order valence-corrected chi connectivity index (χ1v) is 13.7. The van der Waals surface area contributed by atoms with E-state index in [0.29, 0.717) is 24.3 Å². The van der Waals surface area contributed by atoms with Crippen LogP contribution in [0.5, 0.6) is 0 Å². The number of aliphatic carboxylic acids is 1. The molecule has 1 fully saturated rings. The number of nitrogens with zero attached hydrogens (tertiary/aromatic N) is 1. The summed E-state index contributed by atoms with van der Waals surface area (Å²) in [5.41, 5.74) is 5.92.